The molecule has 2 aromatic carbocycles. The molecule has 0 bridgehead atoms. The quantitative estimate of drug-likeness (QED) is 0.769. The van der Waals surface area contributed by atoms with Crippen LogP contribution in [0.5, 0.6) is 0 Å². The molecular formula is C19H22Cl2N2. The average Bonchev–Trinajstić information content (AvgIpc) is 2.57. The van der Waals surface area contributed by atoms with E-state index in [2.05, 4.69) is 34.1 Å². The normalized spacial score (nSPS) is 15.8. The van der Waals surface area contributed by atoms with Crippen LogP contribution in [0.15, 0.2) is 48.5 Å². The highest BCUT2D eigenvalue weighted by Crippen LogP contribution is 2.21. The van der Waals surface area contributed by atoms with Crippen LogP contribution >= 0.6 is 23.2 Å². The largest absolute Gasteiger partial charge is 0.369 e. The molecule has 122 valence electrons. The van der Waals surface area contributed by atoms with Crippen molar-refractivity contribution in [1.82, 2.24) is 4.90 Å². The van der Waals surface area contributed by atoms with Gasteiger partial charge in [0.1, 0.15) is 0 Å². The number of anilines is 1. The molecular weight excluding hydrogens is 327 g/mol. The Morgan fingerprint density at radius 2 is 1.57 bits per heavy atom. The molecule has 3 rings (SSSR count). The number of rotatable bonds is 5. The minimum absolute atomic E-state index is 0.811. The first-order valence-corrected chi connectivity index (χ1v) is 8.93. The Bertz CT molecular complexity index is 620. The molecule has 1 heterocycles. The van der Waals surface area contributed by atoms with Gasteiger partial charge in [-0.15, -0.1) is 0 Å². The Labute approximate surface area is 148 Å². The zero-order chi connectivity index (χ0) is 16.1. The van der Waals surface area contributed by atoms with Crippen LogP contribution < -0.4 is 4.90 Å². The highest BCUT2D eigenvalue weighted by Gasteiger charge is 2.16. The molecule has 4 heteroatoms. The van der Waals surface area contributed by atoms with E-state index < -0.39 is 0 Å². The topological polar surface area (TPSA) is 6.48 Å². The predicted octanol–water partition coefficient (Wildman–Crippen LogP) is 4.75. The minimum Gasteiger partial charge on any atom is -0.369 e. The Balaban J connectivity index is 1.41. The van der Waals surface area contributed by atoms with Crippen LogP contribution in [0.1, 0.15) is 12.0 Å². The van der Waals surface area contributed by atoms with Gasteiger partial charge in [-0.05, 0) is 55.3 Å². The number of piperazine rings is 1. The van der Waals surface area contributed by atoms with Gasteiger partial charge in [0.2, 0.25) is 0 Å². The first-order valence-electron chi connectivity index (χ1n) is 8.18. The van der Waals surface area contributed by atoms with Crippen LogP contribution in [0.3, 0.4) is 0 Å². The lowest BCUT2D eigenvalue weighted by Gasteiger charge is -2.36. The summed E-state index contributed by atoms with van der Waals surface area (Å²) in [5, 5.41) is 1.62. The lowest BCUT2D eigenvalue weighted by Crippen LogP contribution is -2.46. The molecule has 23 heavy (non-hydrogen) atoms. The van der Waals surface area contributed by atoms with Crippen LogP contribution in [-0.4, -0.2) is 37.6 Å². The second kappa shape index (κ2) is 8.05. The summed E-state index contributed by atoms with van der Waals surface area (Å²) >= 11 is 12.0. The molecule has 1 fully saturated rings. The number of hydrogen-bond acceptors (Lipinski definition) is 2. The van der Waals surface area contributed by atoms with Crippen molar-refractivity contribution in [2.24, 2.45) is 0 Å². The molecule has 0 aliphatic carbocycles. The van der Waals surface area contributed by atoms with Crippen LogP contribution in [0, 0.1) is 0 Å². The van der Waals surface area contributed by atoms with E-state index in [0.717, 1.165) is 49.2 Å². The summed E-state index contributed by atoms with van der Waals surface area (Å²) in [5.41, 5.74) is 2.60. The number of benzene rings is 2. The van der Waals surface area contributed by atoms with Gasteiger partial charge in [0, 0.05) is 41.9 Å². The van der Waals surface area contributed by atoms with Crippen LogP contribution in [0.25, 0.3) is 0 Å². The van der Waals surface area contributed by atoms with E-state index in [-0.39, 0.29) is 0 Å². The lowest BCUT2D eigenvalue weighted by molar-refractivity contribution is 0.255. The van der Waals surface area contributed by atoms with E-state index in [9.17, 15) is 0 Å². The first kappa shape index (κ1) is 16.6. The van der Waals surface area contributed by atoms with E-state index in [0.29, 0.717) is 0 Å². The van der Waals surface area contributed by atoms with Gasteiger partial charge in [0.05, 0.1) is 0 Å². The molecule has 0 unspecified atom stereocenters. The second-order valence-corrected chi connectivity index (χ2v) is 6.91. The third kappa shape index (κ3) is 4.87. The van der Waals surface area contributed by atoms with Crippen molar-refractivity contribution in [3.8, 4) is 0 Å². The molecule has 0 saturated carbocycles. The summed E-state index contributed by atoms with van der Waals surface area (Å²) in [7, 11) is 0. The van der Waals surface area contributed by atoms with E-state index in [1.807, 2.05) is 24.3 Å². The predicted molar refractivity (Wildman–Crippen MR) is 99.9 cm³/mol. The summed E-state index contributed by atoms with van der Waals surface area (Å²) < 4.78 is 0. The molecule has 2 aromatic rings. The molecule has 0 radical (unpaired) electrons. The number of halogens is 2. The van der Waals surface area contributed by atoms with Gasteiger partial charge in [-0.3, -0.25) is 4.90 Å². The fourth-order valence-electron chi connectivity index (χ4n) is 3.06. The fraction of sp³-hybridized carbons (Fsp3) is 0.368. The Kier molecular flexibility index (Phi) is 5.82. The minimum atomic E-state index is 0.811. The van der Waals surface area contributed by atoms with Crippen molar-refractivity contribution >= 4 is 28.9 Å². The van der Waals surface area contributed by atoms with Crippen molar-refractivity contribution in [1.29, 1.82) is 0 Å². The highest BCUT2D eigenvalue weighted by molar-refractivity contribution is 6.31. The number of aryl methyl sites for hydroxylation is 1. The van der Waals surface area contributed by atoms with Gasteiger partial charge in [0.15, 0.2) is 0 Å². The van der Waals surface area contributed by atoms with Crippen molar-refractivity contribution < 1.29 is 0 Å². The summed E-state index contributed by atoms with van der Waals surface area (Å²) in [6, 6.07) is 16.3. The van der Waals surface area contributed by atoms with E-state index in [1.165, 1.54) is 17.7 Å². The maximum Gasteiger partial charge on any atom is 0.0426 e. The third-order valence-electron chi connectivity index (χ3n) is 4.40. The average molecular weight is 349 g/mol. The molecule has 1 saturated heterocycles. The molecule has 0 spiro atoms. The summed E-state index contributed by atoms with van der Waals surface area (Å²) in [6.45, 7) is 5.54. The SMILES string of the molecule is Clc1ccc(CCCN2CCN(c3cccc(Cl)c3)CC2)cc1. The summed E-state index contributed by atoms with van der Waals surface area (Å²) in [5.74, 6) is 0. The van der Waals surface area contributed by atoms with Crippen LogP contribution in [0.2, 0.25) is 10.0 Å². The van der Waals surface area contributed by atoms with Gasteiger partial charge in [-0.1, -0.05) is 41.4 Å². The van der Waals surface area contributed by atoms with Gasteiger partial charge in [-0.2, -0.15) is 0 Å². The Morgan fingerprint density at radius 1 is 0.826 bits per heavy atom. The Morgan fingerprint density at radius 3 is 2.26 bits per heavy atom. The van der Waals surface area contributed by atoms with Gasteiger partial charge >= 0.3 is 0 Å². The monoisotopic (exact) mass is 348 g/mol. The molecule has 1 aliphatic heterocycles. The van der Waals surface area contributed by atoms with Crippen molar-refractivity contribution in [2.75, 3.05) is 37.6 Å². The van der Waals surface area contributed by atoms with Gasteiger partial charge < -0.3 is 4.90 Å². The summed E-state index contributed by atoms with van der Waals surface area (Å²) in [6.07, 6.45) is 2.31. The van der Waals surface area contributed by atoms with E-state index in [4.69, 9.17) is 23.2 Å². The molecule has 1 aliphatic rings. The number of nitrogens with zero attached hydrogens (tertiary/aromatic N) is 2. The molecule has 0 atom stereocenters. The smallest absolute Gasteiger partial charge is 0.0426 e. The maximum absolute atomic E-state index is 6.08. The zero-order valence-corrected chi connectivity index (χ0v) is 14.7. The summed E-state index contributed by atoms with van der Waals surface area (Å²) in [4.78, 5) is 4.97. The molecule has 0 aromatic heterocycles. The molecule has 0 amide bonds. The van der Waals surface area contributed by atoms with Crippen LogP contribution in [0.4, 0.5) is 5.69 Å². The standard InChI is InChI=1S/C19H22Cl2N2/c20-17-8-6-16(7-9-17)3-2-10-22-11-13-23(14-12-22)19-5-1-4-18(21)15-19/h1,4-9,15H,2-3,10-14H2. The van der Waals surface area contributed by atoms with E-state index in [1.54, 1.807) is 0 Å². The molecule has 2 nitrogen and oxygen atoms in total. The first-order chi connectivity index (χ1) is 11.2. The maximum atomic E-state index is 6.08. The van der Waals surface area contributed by atoms with Crippen molar-refractivity contribution in [2.45, 2.75) is 12.8 Å². The molecule has 0 N–H and O–H groups in total. The highest BCUT2D eigenvalue weighted by atomic mass is 35.5. The second-order valence-electron chi connectivity index (χ2n) is 6.04. The van der Waals surface area contributed by atoms with Gasteiger partial charge in [0.25, 0.3) is 0 Å². The number of hydrogen-bond donors (Lipinski definition) is 0. The fourth-order valence-corrected chi connectivity index (χ4v) is 3.37. The lowest BCUT2D eigenvalue weighted by atomic mass is 10.1. The van der Waals surface area contributed by atoms with Crippen LogP contribution in [-0.2, 0) is 6.42 Å². The Hall–Kier alpha value is -1.22. The van der Waals surface area contributed by atoms with E-state index >= 15 is 0 Å². The third-order valence-corrected chi connectivity index (χ3v) is 4.89. The zero-order valence-electron chi connectivity index (χ0n) is 13.2. The van der Waals surface area contributed by atoms with Crippen molar-refractivity contribution in [3.63, 3.8) is 0 Å². The van der Waals surface area contributed by atoms with Crippen molar-refractivity contribution in [3.05, 3.63) is 64.1 Å². The van der Waals surface area contributed by atoms with Gasteiger partial charge in [-0.25, -0.2) is 0 Å².